The zero-order chi connectivity index (χ0) is 14.3. The first-order valence-corrected chi connectivity index (χ1v) is 7.58. The van der Waals surface area contributed by atoms with Crippen LogP contribution in [0.15, 0.2) is 12.1 Å². The monoisotopic (exact) mass is 316 g/mol. The molecule has 1 saturated carbocycles. The molecule has 0 amide bonds. The molecule has 0 spiro atoms. The van der Waals surface area contributed by atoms with Gasteiger partial charge in [0.25, 0.3) is 0 Å². The van der Waals surface area contributed by atoms with E-state index in [9.17, 15) is 4.39 Å². The maximum Gasteiger partial charge on any atom is 0.144 e. The summed E-state index contributed by atoms with van der Waals surface area (Å²) in [6.45, 7) is 2.72. The number of ether oxygens (including phenoxy) is 1. The predicted molar refractivity (Wildman–Crippen MR) is 77.9 cm³/mol. The first kappa shape index (κ1) is 14.1. The fourth-order valence-corrected chi connectivity index (χ4v) is 3.11. The van der Waals surface area contributed by atoms with Crippen LogP contribution in [0.25, 0.3) is 11.0 Å². The van der Waals surface area contributed by atoms with E-state index in [2.05, 4.69) is 9.55 Å². The molecule has 3 rings (SSSR count). The molecule has 1 aromatic heterocycles. The van der Waals surface area contributed by atoms with Gasteiger partial charge in [0.2, 0.25) is 0 Å². The average molecular weight is 317 g/mol. The molecular formula is C14H15Cl2FN2O. The van der Waals surface area contributed by atoms with Crippen LogP contribution in [-0.2, 0) is 10.6 Å². The summed E-state index contributed by atoms with van der Waals surface area (Å²) in [4.78, 5) is 4.40. The molecule has 20 heavy (non-hydrogen) atoms. The van der Waals surface area contributed by atoms with Gasteiger partial charge in [0.1, 0.15) is 11.6 Å². The lowest BCUT2D eigenvalue weighted by Crippen LogP contribution is -2.34. The number of fused-ring (bicyclic) bond motifs is 1. The molecule has 1 aromatic carbocycles. The summed E-state index contributed by atoms with van der Waals surface area (Å²) in [6.07, 6.45) is 2.15. The van der Waals surface area contributed by atoms with E-state index < -0.39 is 5.82 Å². The van der Waals surface area contributed by atoms with E-state index >= 15 is 0 Å². The van der Waals surface area contributed by atoms with Crippen LogP contribution in [0.4, 0.5) is 4.39 Å². The molecule has 1 fully saturated rings. The molecule has 1 aliphatic rings. The van der Waals surface area contributed by atoms with Gasteiger partial charge in [-0.1, -0.05) is 11.6 Å². The molecule has 2 aromatic rings. The zero-order valence-corrected chi connectivity index (χ0v) is 12.6. The summed E-state index contributed by atoms with van der Waals surface area (Å²) in [5, 5.41) is 0.112. The Balaban J connectivity index is 1.99. The lowest BCUT2D eigenvalue weighted by Gasteiger charge is -2.36. The summed E-state index contributed by atoms with van der Waals surface area (Å²) in [6, 6.07) is 3.29. The number of imidazole rings is 1. The van der Waals surface area contributed by atoms with E-state index in [-0.39, 0.29) is 5.02 Å². The van der Waals surface area contributed by atoms with Crippen molar-refractivity contribution >= 4 is 34.2 Å². The summed E-state index contributed by atoms with van der Waals surface area (Å²) in [5.74, 6) is 0.595. The molecule has 1 aliphatic carbocycles. The highest BCUT2D eigenvalue weighted by atomic mass is 35.5. The van der Waals surface area contributed by atoms with Crippen molar-refractivity contribution in [2.24, 2.45) is 0 Å². The van der Waals surface area contributed by atoms with Crippen LogP contribution in [0.3, 0.4) is 0 Å². The Kier molecular flexibility index (Phi) is 3.89. The second-order valence-corrected chi connectivity index (χ2v) is 5.66. The van der Waals surface area contributed by atoms with Gasteiger partial charge in [-0.15, -0.1) is 11.6 Å². The van der Waals surface area contributed by atoms with Crippen LogP contribution in [-0.4, -0.2) is 22.3 Å². The number of rotatable bonds is 4. The normalized spacial score (nSPS) is 22.2. The van der Waals surface area contributed by atoms with Crippen LogP contribution in [0, 0.1) is 5.82 Å². The molecule has 0 saturated heterocycles. The number of alkyl halides is 1. The number of aromatic nitrogens is 2. The quantitative estimate of drug-likeness (QED) is 0.786. The molecule has 0 aliphatic heterocycles. The Bertz CT molecular complexity index is 638. The number of nitrogens with zero attached hydrogens (tertiary/aromatic N) is 2. The summed E-state index contributed by atoms with van der Waals surface area (Å²) in [7, 11) is 0. The van der Waals surface area contributed by atoms with Crippen LogP contribution in [0.1, 0.15) is 31.6 Å². The Hall–Kier alpha value is -0.840. The van der Waals surface area contributed by atoms with E-state index in [0.717, 1.165) is 30.8 Å². The van der Waals surface area contributed by atoms with Gasteiger partial charge >= 0.3 is 0 Å². The Labute approximate surface area is 126 Å². The number of halogens is 3. The highest BCUT2D eigenvalue weighted by Gasteiger charge is 2.33. The topological polar surface area (TPSA) is 27.1 Å². The number of hydrogen-bond acceptors (Lipinski definition) is 2. The third-order valence-corrected chi connectivity index (χ3v) is 4.29. The lowest BCUT2D eigenvalue weighted by molar-refractivity contribution is -0.0192. The number of hydrogen-bond donors (Lipinski definition) is 0. The average Bonchev–Trinajstić information content (AvgIpc) is 2.71. The smallest absolute Gasteiger partial charge is 0.144 e. The van der Waals surface area contributed by atoms with Crippen LogP contribution in [0.5, 0.6) is 0 Å². The highest BCUT2D eigenvalue weighted by Crippen LogP contribution is 2.38. The first-order chi connectivity index (χ1) is 9.63. The SMILES string of the molecule is CCOC1CC(n2c(CCl)nc3cc(F)c(Cl)cc32)C1. The van der Waals surface area contributed by atoms with Crippen molar-refractivity contribution in [3.05, 3.63) is 28.8 Å². The molecule has 6 heteroatoms. The van der Waals surface area contributed by atoms with Crippen LogP contribution >= 0.6 is 23.2 Å². The van der Waals surface area contributed by atoms with Gasteiger partial charge in [0, 0.05) is 18.7 Å². The Morgan fingerprint density at radius 1 is 1.45 bits per heavy atom. The lowest BCUT2D eigenvalue weighted by atomic mass is 9.88. The minimum Gasteiger partial charge on any atom is -0.378 e. The van der Waals surface area contributed by atoms with Gasteiger partial charge in [0.05, 0.1) is 28.0 Å². The van der Waals surface area contributed by atoms with Gasteiger partial charge in [-0.3, -0.25) is 0 Å². The third-order valence-electron chi connectivity index (χ3n) is 3.76. The Morgan fingerprint density at radius 2 is 2.20 bits per heavy atom. The van der Waals surface area contributed by atoms with Crippen molar-refractivity contribution in [2.45, 2.75) is 37.8 Å². The maximum absolute atomic E-state index is 13.5. The molecule has 0 bridgehead atoms. The highest BCUT2D eigenvalue weighted by molar-refractivity contribution is 6.31. The second kappa shape index (κ2) is 5.51. The van der Waals surface area contributed by atoms with E-state index in [1.807, 2.05) is 6.92 Å². The summed E-state index contributed by atoms with van der Waals surface area (Å²) in [5.41, 5.74) is 1.44. The summed E-state index contributed by atoms with van der Waals surface area (Å²) < 4.78 is 21.2. The third kappa shape index (κ3) is 2.30. The van der Waals surface area contributed by atoms with Gasteiger partial charge in [-0.05, 0) is 25.8 Å². The standard InChI is InChI=1S/C14H15Cl2FN2O/c1-2-20-9-3-8(4-9)19-13-5-10(16)11(17)6-12(13)18-14(19)7-15/h5-6,8-9H,2-4,7H2,1H3. The van der Waals surface area contributed by atoms with E-state index in [1.54, 1.807) is 6.07 Å². The Morgan fingerprint density at radius 3 is 2.85 bits per heavy atom. The van der Waals surface area contributed by atoms with Crippen molar-refractivity contribution in [1.82, 2.24) is 9.55 Å². The molecule has 0 N–H and O–H groups in total. The molecule has 0 atom stereocenters. The summed E-state index contributed by atoms with van der Waals surface area (Å²) >= 11 is 11.8. The van der Waals surface area contributed by atoms with Crippen molar-refractivity contribution in [1.29, 1.82) is 0 Å². The predicted octanol–water partition coefficient (Wildman–Crippen LogP) is 4.31. The van der Waals surface area contributed by atoms with E-state index in [0.29, 0.717) is 23.5 Å². The van der Waals surface area contributed by atoms with E-state index in [4.69, 9.17) is 27.9 Å². The minimum absolute atomic E-state index is 0.112. The van der Waals surface area contributed by atoms with Gasteiger partial charge in [-0.2, -0.15) is 0 Å². The molecular weight excluding hydrogens is 302 g/mol. The molecule has 3 nitrogen and oxygen atoms in total. The maximum atomic E-state index is 13.5. The molecule has 0 radical (unpaired) electrons. The second-order valence-electron chi connectivity index (χ2n) is 4.99. The van der Waals surface area contributed by atoms with Gasteiger partial charge < -0.3 is 9.30 Å². The molecule has 108 valence electrons. The largest absolute Gasteiger partial charge is 0.378 e. The van der Waals surface area contributed by atoms with Crippen molar-refractivity contribution in [2.75, 3.05) is 6.61 Å². The molecule has 0 unspecified atom stereocenters. The minimum atomic E-state index is -0.453. The van der Waals surface area contributed by atoms with Crippen LogP contribution in [0.2, 0.25) is 5.02 Å². The van der Waals surface area contributed by atoms with Gasteiger partial charge in [-0.25, -0.2) is 9.37 Å². The first-order valence-electron chi connectivity index (χ1n) is 6.67. The van der Waals surface area contributed by atoms with E-state index in [1.165, 1.54) is 6.07 Å². The fraction of sp³-hybridized carbons (Fsp3) is 0.500. The van der Waals surface area contributed by atoms with Crippen molar-refractivity contribution in [3.63, 3.8) is 0 Å². The molecule has 1 heterocycles. The van der Waals surface area contributed by atoms with Crippen LogP contribution < -0.4 is 0 Å². The van der Waals surface area contributed by atoms with Crippen molar-refractivity contribution < 1.29 is 9.13 Å². The number of benzene rings is 1. The fourth-order valence-electron chi connectivity index (χ4n) is 2.76. The van der Waals surface area contributed by atoms with Crippen molar-refractivity contribution in [3.8, 4) is 0 Å². The van der Waals surface area contributed by atoms with Gasteiger partial charge in [0.15, 0.2) is 0 Å². The zero-order valence-electron chi connectivity index (χ0n) is 11.1.